The minimum absolute atomic E-state index is 0. The molecule has 3 aromatic rings. The average Bonchev–Trinajstić information content (AvgIpc) is 2.51. The molecule has 3 N–H and O–H groups in total. The molecule has 0 amide bonds. The monoisotopic (exact) mass is 334 g/mol. The van der Waals surface area contributed by atoms with Crippen molar-refractivity contribution in [3.63, 3.8) is 0 Å². The van der Waals surface area contributed by atoms with Gasteiger partial charge >= 0.3 is 0 Å². The van der Waals surface area contributed by atoms with Gasteiger partial charge in [-0.2, -0.15) is 0 Å². The molecule has 3 nitrogen and oxygen atoms in total. The van der Waals surface area contributed by atoms with Crippen LogP contribution in [0, 0.1) is 0 Å². The van der Waals surface area contributed by atoms with Gasteiger partial charge in [-0.05, 0) is 36.4 Å². The second-order valence-electron chi connectivity index (χ2n) is 4.01. The zero-order valence-electron chi connectivity index (χ0n) is 11.9. The molecule has 3 aromatic carbocycles. The number of hydrogen-bond acceptors (Lipinski definition) is 3. The van der Waals surface area contributed by atoms with Crippen LogP contribution in [0.5, 0.6) is 17.2 Å². The molecule has 0 aliphatic rings. The quantitative estimate of drug-likeness (QED) is 0.578. The van der Waals surface area contributed by atoms with Gasteiger partial charge in [0.05, 0.1) is 0 Å². The summed E-state index contributed by atoms with van der Waals surface area (Å²) in [5, 5.41) is 25.9. The third kappa shape index (κ3) is 10.4. The predicted octanol–water partition coefficient (Wildman–Crippen LogP) is 4.17. The molecule has 0 saturated carbocycles. The van der Waals surface area contributed by atoms with E-state index in [2.05, 4.69) is 0 Å². The van der Waals surface area contributed by atoms with Crippen LogP contribution >= 0.6 is 0 Å². The van der Waals surface area contributed by atoms with Gasteiger partial charge in [-0.15, -0.1) is 0 Å². The van der Waals surface area contributed by atoms with Crippen molar-refractivity contribution >= 4 is 0 Å². The summed E-state index contributed by atoms with van der Waals surface area (Å²) in [6.07, 6.45) is 0. The van der Waals surface area contributed by atoms with Crippen molar-refractivity contribution in [1.29, 1.82) is 0 Å². The summed E-state index contributed by atoms with van der Waals surface area (Å²) in [6.45, 7) is 0. The Balaban J connectivity index is 0.000000294. The summed E-state index contributed by atoms with van der Waals surface area (Å²) in [5.74, 6) is 0.965. The number of aromatic hydroxyl groups is 3. The maximum absolute atomic E-state index is 8.63. The largest absolute Gasteiger partial charge is 0.508 e. The van der Waals surface area contributed by atoms with Crippen molar-refractivity contribution in [2.24, 2.45) is 0 Å². The van der Waals surface area contributed by atoms with Gasteiger partial charge in [0.25, 0.3) is 0 Å². The Hall–Kier alpha value is -2.41. The van der Waals surface area contributed by atoms with Gasteiger partial charge in [0, 0.05) is 17.4 Å². The Morgan fingerprint density at radius 2 is 0.545 bits per heavy atom. The van der Waals surface area contributed by atoms with E-state index in [1.807, 2.05) is 18.2 Å². The van der Waals surface area contributed by atoms with Gasteiger partial charge in [0.2, 0.25) is 0 Å². The van der Waals surface area contributed by atoms with Crippen LogP contribution in [0.15, 0.2) is 91.0 Å². The summed E-state index contributed by atoms with van der Waals surface area (Å²) in [6, 6.07) is 26.1. The van der Waals surface area contributed by atoms with Crippen molar-refractivity contribution in [1.82, 2.24) is 0 Å². The maximum atomic E-state index is 8.63. The van der Waals surface area contributed by atoms with E-state index >= 15 is 0 Å². The van der Waals surface area contributed by atoms with Crippen molar-refractivity contribution in [2.45, 2.75) is 0 Å². The Morgan fingerprint density at radius 3 is 0.636 bits per heavy atom. The van der Waals surface area contributed by atoms with Gasteiger partial charge in [0.1, 0.15) is 17.2 Å². The van der Waals surface area contributed by atoms with Crippen LogP contribution in [0.1, 0.15) is 0 Å². The Morgan fingerprint density at radius 1 is 0.364 bits per heavy atom. The van der Waals surface area contributed by atoms with E-state index in [-0.39, 0.29) is 17.4 Å². The van der Waals surface area contributed by atoms with E-state index in [4.69, 9.17) is 15.3 Å². The molecule has 3 rings (SSSR count). The predicted molar refractivity (Wildman–Crippen MR) is 84.3 cm³/mol. The van der Waals surface area contributed by atoms with Gasteiger partial charge in [-0.3, -0.25) is 0 Å². The summed E-state index contributed by atoms with van der Waals surface area (Å²) in [5.41, 5.74) is 0. The molecule has 0 aliphatic heterocycles. The molecular formula is C18H18CrO3. The fraction of sp³-hybridized carbons (Fsp3) is 0. The first-order valence-corrected chi connectivity index (χ1v) is 6.40. The smallest absolute Gasteiger partial charge is 0.115 e. The molecule has 4 heteroatoms. The van der Waals surface area contributed by atoms with E-state index in [0.717, 1.165) is 0 Å². The van der Waals surface area contributed by atoms with Crippen molar-refractivity contribution in [3.05, 3.63) is 91.0 Å². The van der Waals surface area contributed by atoms with Crippen LogP contribution in [-0.2, 0) is 17.4 Å². The second kappa shape index (κ2) is 12.3. The van der Waals surface area contributed by atoms with Crippen LogP contribution in [0.2, 0.25) is 0 Å². The van der Waals surface area contributed by atoms with Gasteiger partial charge in [0.15, 0.2) is 0 Å². The number of rotatable bonds is 0. The standard InChI is InChI=1S/3C6H6O.Cr/c3*7-6-4-2-1-3-5-6;/h3*1-5,7H;. The average molecular weight is 334 g/mol. The molecule has 0 unspecified atom stereocenters. The normalized spacial score (nSPS) is 8.18. The molecule has 0 atom stereocenters. The number of phenols is 3. The third-order valence-corrected chi connectivity index (χ3v) is 2.27. The minimum atomic E-state index is 0. The molecule has 0 spiro atoms. The van der Waals surface area contributed by atoms with E-state index in [1.54, 1.807) is 72.8 Å². The summed E-state index contributed by atoms with van der Waals surface area (Å²) >= 11 is 0. The van der Waals surface area contributed by atoms with Crippen LogP contribution in [-0.4, -0.2) is 15.3 Å². The molecule has 0 aliphatic carbocycles. The van der Waals surface area contributed by atoms with Crippen LogP contribution in [0.4, 0.5) is 0 Å². The number of hydrogen-bond donors (Lipinski definition) is 3. The maximum Gasteiger partial charge on any atom is 0.115 e. The SMILES string of the molecule is Oc1ccccc1.Oc1ccccc1.Oc1ccccc1.[Cr]. The molecule has 22 heavy (non-hydrogen) atoms. The molecule has 0 heterocycles. The van der Waals surface area contributed by atoms with Gasteiger partial charge in [-0.1, -0.05) is 54.6 Å². The number of para-hydroxylation sites is 3. The van der Waals surface area contributed by atoms with Crippen molar-refractivity contribution in [3.8, 4) is 17.2 Å². The Labute approximate surface area is 141 Å². The Bertz CT molecular complexity index is 497. The molecular weight excluding hydrogens is 316 g/mol. The van der Waals surface area contributed by atoms with Crippen molar-refractivity contribution in [2.75, 3.05) is 0 Å². The van der Waals surface area contributed by atoms with E-state index in [1.165, 1.54) is 0 Å². The summed E-state index contributed by atoms with van der Waals surface area (Å²) in [4.78, 5) is 0. The first kappa shape index (κ1) is 19.6. The number of phenolic OH excluding ortho intramolecular Hbond substituents is 3. The van der Waals surface area contributed by atoms with Crippen LogP contribution in [0.3, 0.4) is 0 Å². The van der Waals surface area contributed by atoms with E-state index < -0.39 is 0 Å². The van der Waals surface area contributed by atoms with Gasteiger partial charge in [-0.25, -0.2) is 0 Å². The zero-order chi connectivity index (χ0) is 15.3. The van der Waals surface area contributed by atoms with E-state index in [9.17, 15) is 0 Å². The first-order chi connectivity index (χ1) is 10.2. The molecule has 0 radical (unpaired) electrons. The van der Waals surface area contributed by atoms with Crippen LogP contribution < -0.4 is 0 Å². The van der Waals surface area contributed by atoms with Crippen LogP contribution in [0.25, 0.3) is 0 Å². The summed E-state index contributed by atoms with van der Waals surface area (Å²) < 4.78 is 0. The first-order valence-electron chi connectivity index (χ1n) is 6.40. The minimum Gasteiger partial charge on any atom is -0.508 e. The van der Waals surface area contributed by atoms with Gasteiger partial charge < -0.3 is 15.3 Å². The molecule has 0 saturated heterocycles. The second-order valence-corrected chi connectivity index (χ2v) is 4.01. The Kier molecular flexibility index (Phi) is 11.0. The fourth-order valence-corrected chi connectivity index (χ4v) is 1.28. The van der Waals surface area contributed by atoms with Crippen molar-refractivity contribution < 1.29 is 32.7 Å². The number of benzene rings is 3. The summed E-state index contributed by atoms with van der Waals surface area (Å²) in [7, 11) is 0. The van der Waals surface area contributed by atoms with E-state index in [0.29, 0.717) is 17.2 Å². The molecule has 0 bridgehead atoms. The zero-order valence-corrected chi connectivity index (χ0v) is 13.2. The molecule has 0 aromatic heterocycles. The molecule has 0 fully saturated rings. The third-order valence-electron chi connectivity index (χ3n) is 2.27. The topological polar surface area (TPSA) is 60.7 Å². The molecule has 114 valence electrons. The fourth-order valence-electron chi connectivity index (χ4n) is 1.28.